The molecule has 1 aromatic rings. The van der Waals surface area contributed by atoms with Crippen molar-refractivity contribution in [2.24, 2.45) is 5.92 Å². The van der Waals surface area contributed by atoms with Crippen LogP contribution >= 0.6 is 11.6 Å². The first-order chi connectivity index (χ1) is 10.8. The van der Waals surface area contributed by atoms with E-state index in [-0.39, 0.29) is 11.5 Å². The highest BCUT2D eigenvalue weighted by molar-refractivity contribution is 7.89. The first-order valence-corrected chi connectivity index (χ1v) is 9.79. The largest absolute Gasteiger partial charge is 0.396 e. The maximum Gasteiger partial charge on any atom is 0.240 e. The fourth-order valence-corrected chi connectivity index (χ4v) is 4.51. The third kappa shape index (κ3) is 4.90. The van der Waals surface area contributed by atoms with Crippen molar-refractivity contribution in [2.45, 2.75) is 31.6 Å². The molecule has 1 heterocycles. The Morgan fingerprint density at radius 3 is 2.78 bits per heavy atom. The summed E-state index contributed by atoms with van der Waals surface area (Å²) in [5, 5.41) is 9.82. The number of likely N-dealkylation sites (tertiary alicyclic amines) is 1. The van der Waals surface area contributed by atoms with Crippen LogP contribution in [0.15, 0.2) is 17.0 Å². The summed E-state index contributed by atoms with van der Waals surface area (Å²) in [4.78, 5) is 2.48. The van der Waals surface area contributed by atoms with Crippen molar-refractivity contribution in [3.63, 3.8) is 0 Å². The molecule has 7 heteroatoms. The summed E-state index contributed by atoms with van der Waals surface area (Å²) in [7, 11) is -3.53. The summed E-state index contributed by atoms with van der Waals surface area (Å²) in [5.74, 6) is 0.307. The van der Waals surface area contributed by atoms with Crippen LogP contribution in [0.1, 0.15) is 24.0 Å². The second kappa shape index (κ2) is 7.94. The zero-order valence-corrected chi connectivity index (χ0v) is 15.3. The van der Waals surface area contributed by atoms with Gasteiger partial charge >= 0.3 is 0 Å². The van der Waals surface area contributed by atoms with E-state index in [4.69, 9.17) is 11.6 Å². The quantitative estimate of drug-likeness (QED) is 0.813. The van der Waals surface area contributed by atoms with Gasteiger partial charge in [0.05, 0.1) is 4.90 Å². The number of hydrogen-bond acceptors (Lipinski definition) is 4. The zero-order valence-electron chi connectivity index (χ0n) is 13.7. The van der Waals surface area contributed by atoms with Crippen molar-refractivity contribution in [1.82, 2.24) is 9.62 Å². The van der Waals surface area contributed by atoms with Gasteiger partial charge in [0, 0.05) is 31.3 Å². The third-order valence-corrected chi connectivity index (χ3v) is 6.34. The molecule has 23 heavy (non-hydrogen) atoms. The van der Waals surface area contributed by atoms with Crippen LogP contribution in [0.25, 0.3) is 0 Å². The minimum atomic E-state index is -3.53. The Bertz CT molecular complexity index is 649. The van der Waals surface area contributed by atoms with Crippen molar-refractivity contribution < 1.29 is 13.5 Å². The molecule has 1 aliphatic heterocycles. The molecule has 5 nitrogen and oxygen atoms in total. The fourth-order valence-electron chi connectivity index (χ4n) is 2.96. The number of benzene rings is 1. The molecular formula is C16H25ClN2O3S. The van der Waals surface area contributed by atoms with Gasteiger partial charge in [-0.1, -0.05) is 11.6 Å². The highest BCUT2D eigenvalue weighted by Gasteiger charge is 2.21. The lowest BCUT2D eigenvalue weighted by atomic mass is 9.99. The summed E-state index contributed by atoms with van der Waals surface area (Å²) >= 11 is 6.03. The molecule has 1 aliphatic rings. The minimum absolute atomic E-state index is 0.200. The van der Waals surface area contributed by atoms with Gasteiger partial charge in [-0.15, -0.1) is 0 Å². The second-order valence-electron chi connectivity index (χ2n) is 6.26. The van der Waals surface area contributed by atoms with E-state index >= 15 is 0 Å². The van der Waals surface area contributed by atoms with E-state index in [0.29, 0.717) is 29.6 Å². The van der Waals surface area contributed by atoms with Crippen LogP contribution in [0.5, 0.6) is 0 Å². The lowest BCUT2D eigenvalue weighted by Crippen LogP contribution is -2.41. The molecule has 1 atom stereocenters. The average Bonchev–Trinajstić information content (AvgIpc) is 2.50. The minimum Gasteiger partial charge on any atom is -0.396 e. The predicted octanol–water partition coefficient (Wildman–Crippen LogP) is 1.94. The summed E-state index contributed by atoms with van der Waals surface area (Å²) < 4.78 is 27.6. The molecule has 0 bridgehead atoms. The van der Waals surface area contributed by atoms with E-state index in [1.54, 1.807) is 26.0 Å². The van der Waals surface area contributed by atoms with Gasteiger partial charge in [0.25, 0.3) is 0 Å². The van der Waals surface area contributed by atoms with E-state index in [2.05, 4.69) is 9.62 Å². The van der Waals surface area contributed by atoms with Gasteiger partial charge < -0.3 is 10.0 Å². The SMILES string of the molecule is Cc1cc(S(=O)(=O)NCCN2CCC[C@@H](CO)C2)c(C)cc1Cl. The molecular weight excluding hydrogens is 336 g/mol. The molecule has 0 aromatic heterocycles. The van der Waals surface area contributed by atoms with Gasteiger partial charge in [0.15, 0.2) is 0 Å². The van der Waals surface area contributed by atoms with Crippen LogP contribution in [-0.2, 0) is 10.0 Å². The van der Waals surface area contributed by atoms with E-state index in [9.17, 15) is 13.5 Å². The van der Waals surface area contributed by atoms with Crippen LogP contribution in [0.3, 0.4) is 0 Å². The number of aryl methyl sites for hydroxylation is 2. The molecule has 2 rings (SSSR count). The Labute approximate surface area is 143 Å². The van der Waals surface area contributed by atoms with Gasteiger partial charge in [0.2, 0.25) is 10.0 Å². The molecule has 0 aliphatic carbocycles. The van der Waals surface area contributed by atoms with Crippen LogP contribution in [0, 0.1) is 19.8 Å². The van der Waals surface area contributed by atoms with E-state index in [1.807, 2.05) is 0 Å². The van der Waals surface area contributed by atoms with Gasteiger partial charge in [-0.3, -0.25) is 0 Å². The number of nitrogens with one attached hydrogen (secondary N) is 1. The molecule has 1 fully saturated rings. The van der Waals surface area contributed by atoms with Gasteiger partial charge in [0.1, 0.15) is 0 Å². The van der Waals surface area contributed by atoms with Gasteiger partial charge in [-0.25, -0.2) is 13.1 Å². The third-order valence-electron chi connectivity index (χ3n) is 4.33. The van der Waals surface area contributed by atoms with E-state index < -0.39 is 10.0 Å². The van der Waals surface area contributed by atoms with Crippen LogP contribution in [0.2, 0.25) is 5.02 Å². The summed E-state index contributed by atoms with van der Waals surface area (Å²) in [6, 6.07) is 3.30. The molecule has 1 aromatic carbocycles. The lowest BCUT2D eigenvalue weighted by Gasteiger charge is -2.31. The molecule has 0 radical (unpaired) electrons. The van der Waals surface area contributed by atoms with E-state index in [0.717, 1.165) is 31.5 Å². The number of hydrogen-bond donors (Lipinski definition) is 2. The molecule has 0 spiro atoms. The topological polar surface area (TPSA) is 69.6 Å². The van der Waals surface area contributed by atoms with Crippen molar-refractivity contribution in [1.29, 1.82) is 0 Å². The van der Waals surface area contributed by atoms with Gasteiger partial charge in [-0.2, -0.15) is 0 Å². The van der Waals surface area contributed by atoms with Gasteiger partial charge in [-0.05, 0) is 62.4 Å². The maximum absolute atomic E-state index is 12.5. The highest BCUT2D eigenvalue weighted by atomic mass is 35.5. The number of sulfonamides is 1. The Morgan fingerprint density at radius 2 is 2.09 bits per heavy atom. The molecule has 0 unspecified atom stereocenters. The Balaban J connectivity index is 1.95. The Hall–Kier alpha value is -0.660. The Kier molecular flexibility index (Phi) is 6.45. The first-order valence-electron chi connectivity index (χ1n) is 7.93. The average molecular weight is 361 g/mol. The first kappa shape index (κ1) is 18.7. The van der Waals surface area contributed by atoms with Crippen molar-refractivity contribution in [3.8, 4) is 0 Å². The van der Waals surface area contributed by atoms with Crippen LogP contribution in [-0.4, -0.2) is 51.2 Å². The number of aliphatic hydroxyl groups excluding tert-OH is 1. The number of piperidine rings is 1. The van der Waals surface area contributed by atoms with Crippen molar-refractivity contribution >= 4 is 21.6 Å². The number of nitrogens with zero attached hydrogens (tertiary/aromatic N) is 1. The number of aliphatic hydroxyl groups is 1. The smallest absolute Gasteiger partial charge is 0.240 e. The van der Waals surface area contributed by atoms with E-state index in [1.165, 1.54) is 0 Å². The number of halogens is 1. The Morgan fingerprint density at radius 1 is 1.35 bits per heavy atom. The van der Waals surface area contributed by atoms with Crippen molar-refractivity contribution in [2.75, 3.05) is 32.8 Å². The maximum atomic E-state index is 12.5. The molecule has 130 valence electrons. The number of rotatable bonds is 6. The van der Waals surface area contributed by atoms with Crippen molar-refractivity contribution in [3.05, 3.63) is 28.3 Å². The lowest BCUT2D eigenvalue weighted by molar-refractivity contribution is 0.122. The molecule has 1 saturated heterocycles. The molecule has 0 saturated carbocycles. The normalized spacial score (nSPS) is 19.9. The summed E-state index contributed by atoms with van der Waals surface area (Å²) in [6.45, 7) is 6.54. The summed E-state index contributed by atoms with van der Waals surface area (Å²) in [5.41, 5.74) is 1.39. The van der Waals surface area contributed by atoms with Crippen LogP contribution in [0.4, 0.5) is 0 Å². The predicted molar refractivity (Wildman–Crippen MR) is 92.4 cm³/mol. The zero-order chi connectivity index (χ0) is 17.0. The molecule has 0 amide bonds. The molecule has 2 N–H and O–H groups in total. The van der Waals surface area contributed by atoms with Crippen LogP contribution < -0.4 is 4.72 Å². The second-order valence-corrected chi connectivity index (χ2v) is 8.40. The standard InChI is InChI=1S/C16H25ClN2O3S/c1-12-9-16(13(2)8-15(12)17)23(21,22)18-5-7-19-6-3-4-14(10-19)11-20/h8-9,14,18,20H,3-7,10-11H2,1-2H3/t14-/m1/s1. The fraction of sp³-hybridized carbons (Fsp3) is 0.625. The summed E-state index contributed by atoms with van der Waals surface area (Å²) in [6.07, 6.45) is 2.09. The highest BCUT2D eigenvalue weighted by Crippen LogP contribution is 2.23. The monoisotopic (exact) mass is 360 g/mol.